The maximum Gasteiger partial charge on any atom is 0.155 e. The van der Waals surface area contributed by atoms with Crippen molar-refractivity contribution in [3.05, 3.63) is 53.2 Å². The molecule has 0 fully saturated rings. The molecule has 6 heteroatoms. The summed E-state index contributed by atoms with van der Waals surface area (Å²) >= 11 is 0. The molecule has 2 rings (SSSR count). The van der Waals surface area contributed by atoms with E-state index >= 15 is 0 Å². The van der Waals surface area contributed by atoms with Gasteiger partial charge in [0.15, 0.2) is 5.82 Å². The van der Waals surface area contributed by atoms with Gasteiger partial charge in [-0.3, -0.25) is 0 Å². The van der Waals surface area contributed by atoms with Crippen LogP contribution in [0.25, 0.3) is 11.3 Å². The quantitative estimate of drug-likeness (QED) is 0.809. The number of pyridine rings is 1. The van der Waals surface area contributed by atoms with Crippen molar-refractivity contribution >= 4 is 0 Å². The van der Waals surface area contributed by atoms with E-state index in [-0.39, 0.29) is 23.5 Å². The number of rotatable bonds is 4. The molecule has 1 aromatic heterocycles. The average molecular weight is 308 g/mol. The van der Waals surface area contributed by atoms with Crippen molar-refractivity contribution < 1.29 is 19.0 Å². The van der Waals surface area contributed by atoms with Crippen LogP contribution in [0.15, 0.2) is 30.3 Å². The summed E-state index contributed by atoms with van der Waals surface area (Å²) in [5.74, 6) is -1.17. The van der Waals surface area contributed by atoms with Gasteiger partial charge in [0.1, 0.15) is 17.6 Å². The van der Waals surface area contributed by atoms with Crippen molar-refractivity contribution in [2.24, 2.45) is 5.73 Å². The standard InChI is InChI=1S/C16H18F2N2O2/c1-16(2,22)11-7-12(13(21)8-19)20-15(14(11)18)9-3-5-10(17)6-4-9/h3-7,13,21-22H,8,19H2,1-2H3. The summed E-state index contributed by atoms with van der Waals surface area (Å²) < 4.78 is 27.7. The van der Waals surface area contributed by atoms with E-state index < -0.39 is 23.3 Å². The van der Waals surface area contributed by atoms with Crippen LogP contribution in [0.5, 0.6) is 0 Å². The van der Waals surface area contributed by atoms with E-state index in [0.717, 1.165) is 0 Å². The molecule has 0 aliphatic rings. The van der Waals surface area contributed by atoms with Crippen molar-refractivity contribution in [1.82, 2.24) is 4.98 Å². The second kappa shape index (κ2) is 6.08. The zero-order chi connectivity index (χ0) is 16.5. The minimum absolute atomic E-state index is 0.00988. The maximum absolute atomic E-state index is 14.7. The van der Waals surface area contributed by atoms with Crippen LogP contribution < -0.4 is 5.73 Å². The van der Waals surface area contributed by atoms with Crippen LogP contribution in [0.2, 0.25) is 0 Å². The summed E-state index contributed by atoms with van der Waals surface area (Å²) in [7, 11) is 0. The molecule has 2 aromatic rings. The molecule has 0 amide bonds. The Bertz CT molecular complexity index is 667. The number of hydrogen-bond donors (Lipinski definition) is 3. The molecule has 0 radical (unpaired) electrons. The lowest BCUT2D eigenvalue weighted by Gasteiger charge is -2.22. The van der Waals surface area contributed by atoms with E-state index in [2.05, 4.69) is 4.98 Å². The molecule has 1 heterocycles. The Labute approximate surface area is 127 Å². The van der Waals surface area contributed by atoms with E-state index in [1.165, 1.54) is 44.2 Å². The lowest BCUT2D eigenvalue weighted by molar-refractivity contribution is 0.0739. The monoisotopic (exact) mass is 308 g/mol. The number of aliphatic hydroxyl groups excluding tert-OH is 1. The van der Waals surface area contributed by atoms with Crippen molar-refractivity contribution in [1.29, 1.82) is 0 Å². The Hall–Kier alpha value is -1.89. The van der Waals surface area contributed by atoms with Gasteiger partial charge in [0.25, 0.3) is 0 Å². The van der Waals surface area contributed by atoms with Gasteiger partial charge in [-0.05, 0) is 44.2 Å². The summed E-state index contributed by atoms with van der Waals surface area (Å²) in [6.45, 7) is 2.77. The van der Waals surface area contributed by atoms with Gasteiger partial charge in [0.05, 0.1) is 11.3 Å². The molecule has 0 aliphatic heterocycles. The van der Waals surface area contributed by atoms with E-state index in [9.17, 15) is 19.0 Å². The van der Waals surface area contributed by atoms with Crippen molar-refractivity contribution in [2.75, 3.05) is 6.54 Å². The molecule has 0 saturated heterocycles. The van der Waals surface area contributed by atoms with Gasteiger partial charge in [0.2, 0.25) is 0 Å². The fraction of sp³-hybridized carbons (Fsp3) is 0.312. The minimum Gasteiger partial charge on any atom is -0.386 e. The first-order valence-corrected chi connectivity index (χ1v) is 6.81. The average Bonchev–Trinajstić information content (AvgIpc) is 2.46. The third-order valence-corrected chi connectivity index (χ3v) is 3.32. The van der Waals surface area contributed by atoms with Gasteiger partial charge in [0, 0.05) is 17.7 Å². The molecular formula is C16H18F2N2O2. The van der Waals surface area contributed by atoms with Crippen LogP contribution >= 0.6 is 0 Å². The number of aliphatic hydroxyl groups is 2. The smallest absolute Gasteiger partial charge is 0.155 e. The lowest BCUT2D eigenvalue weighted by Crippen LogP contribution is -2.21. The zero-order valence-corrected chi connectivity index (χ0v) is 12.3. The number of hydrogen-bond acceptors (Lipinski definition) is 4. The highest BCUT2D eigenvalue weighted by Gasteiger charge is 2.26. The molecule has 118 valence electrons. The number of halogens is 2. The van der Waals surface area contributed by atoms with E-state index in [4.69, 9.17) is 5.73 Å². The molecule has 1 aromatic carbocycles. The predicted molar refractivity (Wildman–Crippen MR) is 78.8 cm³/mol. The number of nitrogens with two attached hydrogens (primary N) is 1. The molecule has 0 aliphatic carbocycles. The Morgan fingerprint density at radius 3 is 2.32 bits per heavy atom. The van der Waals surface area contributed by atoms with Gasteiger partial charge in [-0.2, -0.15) is 0 Å². The molecule has 4 nitrogen and oxygen atoms in total. The fourth-order valence-electron chi connectivity index (χ4n) is 2.08. The minimum atomic E-state index is -1.47. The predicted octanol–water partition coefficient (Wildman–Crippen LogP) is 2.25. The third kappa shape index (κ3) is 3.30. The van der Waals surface area contributed by atoms with Crippen LogP contribution in [0, 0.1) is 11.6 Å². The first kappa shape index (κ1) is 16.5. The SMILES string of the molecule is CC(C)(O)c1cc(C(O)CN)nc(-c2ccc(F)cc2)c1F. The van der Waals surface area contributed by atoms with Crippen LogP contribution in [0.4, 0.5) is 8.78 Å². The summed E-state index contributed by atoms with van der Waals surface area (Å²) in [5, 5.41) is 20.0. The van der Waals surface area contributed by atoms with Crippen molar-refractivity contribution in [3.63, 3.8) is 0 Å². The van der Waals surface area contributed by atoms with Crippen LogP contribution in [-0.2, 0) is 5.60 Å². The molecule has 4 N–H and O–H groups in total. The highest BCUT2D eigenvalue weighted by molar-refractivity contribution is 5.61. The molecule has 0 spiro atoms. The van der Waals surface area contributed by atoms with E-state index in [0.29, 0.717) is 5.56 Å². The Balaban J connectivity index is 2.69. The molecular weight excluding hydrogens is 290 g/mol. The number of benzene rings is 1. The van der Waals surface area contributed by atoms with Gasteiger partial charge < -0.3 is 15.9 Å². The van der Waals surface area contributed by atoms with Gasteiger partial charge in [-0.1, -0.05) is 0 Å². The highest BCUT2D eigenvalue weighted by atomic mass is 19.1. The Morgan fingerprint density at radius 2 is 1.82 bits per heavy atom. The van der Waals surface area contributed by atoms with Crippen LogP contribution in [-0.4, -0.2) is 21.7 Å². The summed E-state index contributed by atoms with van der Waals surface area (Å²) in [4.78, 5) is 4.08. The molecule has 0 bridgehead atoms. The maximum atomic E-state index is 14.7. The number of aromatic nitrogens is 1. The molecule has 22 heavy (non-hydrogen) atoms. The van der Waals surface area contributed by atoms with E-state index in [1.54, 1.807) is 0 Å². The van der Waals surface area contributed by atoms with Gasteiger partial charge in [-0.25, -0.2) is 13.8 Å². The van der Waals surface area contributed by atoms with Crippen LogP contribution in [0.1, 0.15) is 31.2 Å². The fourth-order valence-corrected chi connectivity index (χ4v) is 2.08. The normalized spacial score (nSPS) is 13.2. The van der Waals surface area contributed by atoms with Crippen molar-refractivity contribution in [2.45, 2.75) is 25.6 Å². The van der Waals surface area contributed by atoms with Crippen molar-refractivity contribution in [3.8, 4) is 11.3 Å². The van der Waals surface area contributed by atoms with Gasteiger partial charge in [-0.15, -0.1) is 0 Å². The topological polar surface area (TPSA) is 79.4 Å². The highest BCUT2D eigenvalue weighted by Crippen LogP contribution is 2.31. The second-order valence-electron chi connectivity index (χ2n) is 5.57. The molecule has 1 unspecified atom stereocenters. The molecule has 1 atom stereocenters. The largest absolute Gasteiger partial charge is 0.386 e. The first-order chi connectivity index (χ1) is 10.2. The first-order valence-electron chi connectivity index (χ1n) is 6.81. The zero-order valence-electron chi connectivity index (χ0n) is 12.3. The van der Waals surface area contributed by atoms with E-state index in [1.807, 2.05) is 0 Å². The summed E-state index contributed by atoms with van der Waals surface area (Å²) in [5.41, 5.74) is 4.37. The van der Waals surface area contributed by atoms with Crippen LogP contribution in [0.3, 0.4) is 0 Å². The Morgan fingerprint density at radius 1 is 1.23 bits per heavy atom. The second-order valence-corrected chi connectivity index (χ2v) is 5.57. The molecule has 0 saturated carbocycles. The van der Waals surface area contributed by atoms with Gasteiger partial charge >= 0.3 is 0 Å². The lowest BCUT2D eigenvalue weighted by atomic mass is 9.94. The summed E-state index contributed by atoms with van der Waals surface area (Å²) in [6, 6.07) is 6.43. The number of nitrogens with zero attached hydrogens (tertiary/aromatic N) is 1. The Kier molecular flexibility index (Phi) is 4.55. The third-order valence-electron chi connectivity index (χ3n) is 3.32. The summed E-state index contributed by atoms with van der Waals surface area (Å²) in [6.07, 6.45) is -1.08.